The van der Waals surface area contributed by atoms with E-state index in [-0.39, 0.29) is 34.3 Å². The minimum atomic E-state index is -0.365. The lowest BCUT2D eigenvalue weighted by atomic mass is 9.89. The second-order valence-corrected chi connectivity index (χ2v) is 7.92. The summed E-state index contributed by atoms with van der Waals surface area (Å²) in [7, 11) is 0. The Bertz CT molecular complexity index is 725. The van der Waals surface area contributed by atoms with Crippen molar-refractivity contribution in [3.05, 3.63) is 34.4 Å². The fourth-order valence-electron chi connectivity index (χ4n) is 4.29. The molecule has 1 aliphatic heterocycles. The van der Waals surface area contributed by atoms with Crippen molar-refractivity contribution >= 4 is 23.2 Å². The molecule has 1 saturated carbocycles. The van der Waals surface area contributed by atoms with Gasteiger partial charge in [-0.3, -0.25) is 19.7 Å². The Balaban J connectivity index is 1.38. The van der Waals surface area contributed by atoms with Gasteiger partial charge in [0.15, 0.2) is 0 Å². The number of nitro groups is 1. The molecule has 158 valence electrons. The lowest BCUT2D eigenvalue weighted by molar-refractivity contribution is -0.384. The van der Waals surface area contributed by atoms with Crippen LogP contribution in [0.2, 0.25) is 0 Å². The van der Waals surface area contributed by atoms with Crippen molar-refractivity contribution in [2.45, 2.75) is 44.9 Å². The topological polar surface area (TPSA) is 105 Å². The largest absolute Gasteiger partial charge is 0.366 e. The van der Waals surface area contributed by atoms with E-state index in [1.54, 1.807) is 18.2 Å². The number of amides is 2. The smallest absolute Gasteiger partial charge is 0.292 e. The maximum atomic E-state index is 12.4. The summed E-state index contributed by atoms with van der Waals surface area (Å²) in [4.78, 5) is 37.4. The maximum absolute atomic E-state index is 12.4. The van der Waals surface area contributed by atoms with Crippen LogP contribution in [0.4, 0.5) is 11.4 Å². The van der Waals surface area contributed by atoms with Crippen LogP contribution < -0.4 is 15.5 Å². The summed E-state index contributed by atoms with van der Waals surface area (Å²) in [5.74, 6) is 0.143. The molecule has 0 atom stereocenters. The Kier molecular flexibility index (Phi) is 7.43. The van der Waals surface area contributed by atoms with Crippen LogP contribution in [0.3, 0.4) is 0 Å². The Morgan fingerprint density at radius 1 is 0.931 bits per heavy atom. The van der Waals surface area contributed by atoms with Crippen molar-refractivity contribution in [1.82, 2.24) is 10.6 Å². The number of nitrogens with one attached hydrogen (secondary N) is 2. The average Bonchev–Trinajstić information content (AvgIpc) is 2.77. The van der Waals surface area contributed by atoms with Crippen LogP contribution in [0.1, 0.15) is 44.9 Å². The highest BCUT2D eigenvalue weighted by atomic mass is 16.6. The lowest BCUT2D eigenvalue weighted by Crippen LogP contribution is -2.43. The van der Waals surface area contributed by atoms with E-state index in [9.17, 15) is 19.7 Å². The van der Waals surface area contributed by atoms with Crippen molar-refractivity contribution in [3.63, 3.8) is 0 Å². The van der Waals surface area contributed by atoms with Crippen LogP contribution in [-0.2, 0) is 9.59 Å². The van der Waals surface area contributed by atoms with E-state index in [4.69, 9.17) is 0 Å². The van der Waals surface area contributed by atoms with Crippen LogP contribution in [-0.4, -0.2) is 42.9 Å². The number of anilines is 1. The molecule has 1 saturated heterocycles. The van der Waals surface area contributed by atoms with Gasteiger partial charge in [0.2, 0.25) is 11.8 Å². The molecule has 1 aromatic rings. The Morgan fingerprint density at radius 3 is 2.07 bits per heavy atom. The zero-order valence-electron chi connectivity index (χ0n) is 16.8. The van der Waals surface area contributed by atoms with Gasteiger partial charge in [-0.15, -0.1) is 0 Å². The van der Waals surface area contributed by atoms with Gasteiger partial charge in [-0.1, -0.05) is 31.4 Å². The van der Waals surface area contributed by atoms with E-state index in [0.29, 0.717) is 44.7 Å². The fourth-order valence-corrected chi connectivity index (χ4v) is 4.29. The highest BCUT2D eigenvalue weighted by molar-refractivity contribution is 5.80. The molecule has 2 fully saturated rings. The number of nitrogens with zero attached hydrogens (tertiary/aromatic N) is 2. The molecule has 8 nitrogen and oxygen atoms in total. The minimum Gasteiger partial charge on any atom is -0.366 e. The van der Waals surface area contributed by atoms with E-state index >= 15 is 0 Å². The number of piperidine rings is 1. The van der Waals surface area contributed by atoms with Crippen LogP contribution >= 0.6 is 0 Å². The zero-order valence-corrected chi connectivity index (χ0v) is 16.8. The molecule has 2 N–H and O–H groups in total. The summed E-state index contributed by atoms with van der Waals surface area (Å²) in [6.07, 6.45) is 6.72. The number of hydrogen-bond acceptors (Lipinski definition) is 5. The minimum absolute atomic E-state index is 0.000809. The molecule has 0 spiro atoms. The van der Waals surface area contributed by atoms with E-state index in [1.807, 2.05) is 4.90 Å². The first-order valence-corrected chi connectivity index (χ1v) is 10.6. The normalized spacial score (nSPS) is 18.3. The van der Waals surface area contributed by atoms with Gasteiger partial charge in [-0.2, -0.15) is 0 Å². The molecule has 0 radical (unpaired) electrons. The quantitative estimate of drug-likeness (QED) is 0.414. The third-order valence-electron chi connectivity index (χ3n) is 5.98. The van der Waals surface area contributed by atoms with Crippen LogP contribution in [0, 0.1) is 22.0 Å². The molecule has 0 unspecified atom stereocenters. The van der Waals surface area contributed by atoms with Gasteiger partial charge < -0.3 is 15.5 Å². The first kappa shape index (κ1) is 21.1. The molecule has 2 amide bonds. The van der Waals surface area contributed by atoms with E-state index in [2.05, 4.69) is 10.6 Å². The van der Waals surface area contributed by atoms with Crippen LogP contribution in [0.15, 0.2) is 24.3 Å². The molecule has 2 aliphatic rings. The molecule has 8 heteroatoms. The molecule has 1 aromatic carbocycles. The summed E-state index contributed by atoms with van der Waals surface area (Å²) in [5, 5.41) is 17.1. The third kappa shape index (κ3) is 5.68. The maximum Gasteiger partial charge on any atom is 0.292 e. The van der Waals surface area contributed by atoms with Crippen molar-refractivity contribution in [1.29, 1.82) is 0 Å². The number of carbonyl (C=O) groups is 2. The van der Waals surface area contributed by atoms with Gasteiger partial charge in [0.25, 0.3) is 5.69 Å². The predicted molar refractivity (Wildman–Crippen MR) is 111 cm³/mol. The Labute approximate surface area is 171 Å². The molecule has 1 aliphatic carbocycles. The molecule has 1 heterocycles. The summed E-state index contributed by atoms with van der Waals surface area (Å²) < 4.78 is 0. The van der Waals surface area contributed by atoms with E-state index in [0.717, 1.165) is 25.7 Å². The van der Waals surface area contributed by atoms with Crippen LogP contribution in [0.25, 0.3) is 0 Å². The molecule has 3 rings (SSSR count). The van der Waals surface area contributed by atoms with Gasteiger partial charge in [0, 0.05) is 44.1 Å². The third-order valence-corrected chi connectivity index (χ3v) is 5.98. The summed E-state index contributed by atoms with van der Waals surface area (Å²) in [5.41, 5.74) is 0.714. The standard InChI is InChI=1S/C21H30N4O4/c26-20(16-6-2-1-3-7-16)22-12-13-23-21(27)17-10-14-24(15-11-17)18-8-4-5-9-19(18)25(28)29/h4-5,8-9,16-17H,1-3,6-7,10-15H2,(H,22,26)(H,23,27). The number of para-hydroxylation sites is 2. The average molecular weight is 402 g/mol. The Hall–Kier alpha value is -2.64. The second-order valence-electron chi connectivity index (χ2n) is 7.92. The predicted octanol–water partition coefficient (Wildman–Crippen LogP) is 2.62. The van der Waals surface area contributed by atoms with E-state index < -0.39 is 0 Å². The number of carbonyl (C=O) groups excluding carboxylic acids is 2. The first-order chi connectivity index (χ1) is 14.1. The van der Waals surface area contributed by atoms with Crippen molar-refractivity contribution in [2.24, 2.45) is 11.8 Å². The Morgan fingerprint density at radius 2 is 1.48 bits per heavy atom. The first-order valence-electron chi connectivity index (χ1n) is 10.6. The number of hydrogen-bond donors (Lipinski definition) is 2. The zero-order chi connectivity index (χ0) is 20.6. The van der Waals surface area contributed by atoms with Gasteiger partial charge in [0.05, 0.1) is 4.92 Å². The number of benzene rings is 1. The monoisotopic (exact) mass is 402 g/mol. The SMILES string of the molecule is O=C(NCCNC(=O)C1CCN(c2ccccc2[N+](=O)[O-])CC1)C1CCCCC1. The highest BCUT2D eigenvalue weighted by Gasteiger charge is 2.28. The van der Waals surface area contributed by atoms with Crippen molar-refractivity contribution in [2.75, 3.05) is 31.1 Å². The molecule has 0 bridgehead atoms. The van der Waals surface area contributed by atoms with Gasteiger partial charge >= 0.3 is 0 Å². The molecule has 29 heavy (non-hydrogen) atoms. The fraction of sp³-hybridized carbons (Fsp3) is 0.619. The summed E-state index contributed by atoms with van der Waals surface area (Å²) in [6.45, 7) is 2.11. The highest BCUT2D eigenvalue weighted by Crippen LogP contribution is 2.31. The number of nitro benzene ring substituents is 1. The van der Waals surface area contributed by atoms with Crippen molar-refractivity contribution in [3.8, 4) is 0 Å². The molecular formula is C21H30N4O4. The van der Waals surface area contributed by atoms with Crippen LogP contribution in [0.5, 0.6) is 0 Å². The van der Waals surface area contributed by atoms with Crippen molar-refractivity contribution < 1.29 is 14.5 Å². The van der Waals surface area contributed by atoms with Gasteiger partial charge in [-0.25, -0.2) is 0 Å². The summed E-state index contributed by atoms with van der Waals surface area (Å²) in [6, 6.07) is 6.72. The van der Waals surface area contributed by atoms with Gasteiger partial charge in [0.1, 0.15) is 5.69 Å². The summed E-state index contributed by atoms with van der Waals surface area (Å²) >= 11 is 0. The van der Waals surface area contributed by atoms with Gasteiger partial charge in [-0.05, 0) is 31.7 Å². The lowest BCUT2D eigenvalue weighted by Gasteiger charge is -2.32. The second kappa shape index (κ2) is 10.2. The van der Waals surface area contributed by atoms with E-state index in [1.165, 1.54) is 12.5 Å². The molecular weight excluding hydrogens is 372 g/mol. The number of rotatable bonds is 7. The molecule has 0 aromatic heterocycles.